The van der Waals surface area contributed by atoms with Crippen LogP contribution in [0, 0.1) is 0 Å². The molecule has 0 aliphatic carbocycles. The highest BCUT2D eigenvalue weighted by Crippen LogP contribution is 2.03. The summed E-state index contributed by atoms with van der Waals surface area (Å²) in [5.74, 6) is 0. The van der Waals surface area contributed by atoms with Crippen LogP contribution in [0.2, 0.25) is 0 Å². The molecule has 0 rings (SSSR count). The fourth-order valence-electron chi connectivity index (χ4n) is 0.811. The molecule has 0 aromatic heterocycles. The van der Waals surface area contributed by atoms with Crippen molar-refractivity contribution < 1.29 is 4.74 Å². The van der Waals surface area contributed by atoms with Crippen LogP contribution >= 0.6 is 0 Å². The maximum Gasteiger partial charge on any atom is 0.0568 e. The van der Waals surface area contributed by atoms with Gasteiger partial charge in [0.1, 0.15) is 0 Å². The molecule has 0 spiro atoms. The highest BCUT2D eigenvalue weighted by Gasteiger charge is 1.99. The van der Waals surface area contributed by atoms with Crippen LogP contribution < -0.4 is 11.5 Å². The Labute approximate surface area is 76.5 Å². The summed E-state index contributed by atoms with van der Waals surface area (Å²) in [4.78, 5) is 0. The highest BCUT2D eigenvalue weighted by molar-refractivity contribution is 4.50. The monoisotopic (exact) mass is 176 g/mol. The normalized spacial score (nSPS) is 11.8. The van der Waals surface area contributed by atoms with Crippen LogP contribution in [0.1, 0.15) is 33.1 Å². The Hall–Kier alpha value is -0.120. The average molecular weight is 176 g/mol. The third-order valence-electron chi connectivity index (χ3n) is 1.57. The summed E-state index contributed by atoms with van der Waals surface area (Å²) in [5.41, 5.74) is 9.81. The first kappa shape index (κ1) is 14.4. The first-order chi connectivity index (χ1) is 5.76. The maximum absolute atomic E-state index is 5.14. The molecule has 0 saturated heterocycles. The predicted octanol–water partition coefficient (Wildman–Crippen LogP) is 1.12. The number of rotatable bonds is 5. The summed E-state index contributed by atoms with van der Waals surface area (Å²) >= 11 is 0. The molecule has 0 aromatic carbocycles. The lowest BCUT2D eigenvalue weighted by Crippen LogP contribution is -2.11. The Morgan fingerprint density at radius 1 is 1.17 bits per heavy atom. The lowest BCUT2D eigenvalue weighted by Gasteiger charge is -2.09. The van der Waals surface area contributed by atoms with Crippen molar-refractivity contribution in [1.82, 2.24) is 0 Å². The molecular weight excluding hydrogens is 152 g/mol. The molecule has 0 heterocycles. The fourth-order valence-corrected chi connectivity index (χ4v) is 0.811. The zero-order valence-corrected chi connectivity index (χ0v) is 8.68. The quantitative estimate of drug-likeness (QED) is 0.660. The van der Waals surface area contributed by atoms with Gasteiger partial charge in [-0.3, -0.25) is 0 Å². The van der Waals surface area contributed by atoms with E-state index in [1.807, 2.05) is 0 Å². The van der Waals surface area contributed by atoms with Gasteiger partial charge in [0.2, 0.25) is 0 Å². The summed E-state index contributed by atoms with van der Waals surface area (Å²) in [6, 6.07) is 0. The van der Waals surface area contributed by atoms with Gasteiger partial charge in [-0.2, -0.15) is 0 Å². The molecular formula is C9H24N2O. The van der Waals surface area contributed by atoms with Crippen molar-refractivity contribution in [2.75, 3.05) is 20.2 Å². The van der Waals surface area contributed by atoms with Gasteiger partial charge in [-0.25, -0.2) is 0 Å². The molecule has 0 aliphatic rings. The summed E-state index contributed by atoms with van der Waals surface area (Å²) in [7, 11) is 1.78. The lowest BCUT2D eigenvalue weighted by molar-refractivity contribution is 0.0915. The van der Waals surface area contributed by atoms with E-state index in [0.29, 0.717) is 19.2 Å². The Kier molecular flexibility index (Phi) is 16.2. The van der Waals surface area contributed by atoms with E-state index in [0.717, 1.165) is 6.42 Å². The summed E-state index contributed by atoms with van der Waals surface area (Å²) in [6.45, 7) is 5.53. The SMILES string of the molecule is CCCC(CC)OC.NCCN. The first-order valence-electron chi connectivity index (χ1n) is 4.69. The largest absolute Gasteiger partial charge is 0.381 e. The van der Waals surface area contributed by atoms with Crippen LogP contribution in [-0.2, 0) is 4.74 Å². The summed E-state index contributed by atoms with van der Waals surface area (Å²) in [5, 5.41) is 0. The minimum Gasteiger partial charge on any atom is -0.381 e. The zero-order chi connectivity index (χ0) is 9.82. The van der Waals surface area contributed by atoms with Gasteiger partial charge in [0.15, 0.2) is 0 Å². The predicted molar refractivity (Wildman–Crippen MR) is 54.1 cm³/mol. The molecule has 1 unspecified atom stereocenters. The van der Waals surface area contributed by atoms with E-state index < -0.39 is 0 Å². The second kappa shape index (κ2) is 13.5. The molecule has 0 aromatic rings. The Morgan fingerprint density at radius 3 is 1.75 bits per heavy atom. The molecule has 0 bridgehead atoms. The standard InChI is InChI=1S/C7H16O.C2H8N2/c1-4-6-7(5-2)8-3;3-1-2-4/h7H,4-6H2,1-3H3;1-4H2. The van der Waals surface area contributed by atoms with E-state index in [-0.39, 0.29) is 0 Å². The molecule has 0 saturated carbocycles. The van der Waals surface area contributed by atoms with Gasteiger partial charge in [-0.15, -0.1) is 0 Å². The van der Waals surface area contributed by atoms with Gasteiger partial charge < -0.3 is 16.2 Å². The van der Waals surface area contributed by atoms with Gasteiger partial charge in [0.25, 0.3) is 0 Å². The van der Waals surface area contributed by atoms with Crippen molar-refractivity contribution in [3.05, 3.63) is 0 Å². The molecule has 3 nitrogen and oxygen atoms in total. The average Bonchev–Trinajstić information content (AvgIpc) is 2.14. The number of nitrogens with two attached hydrogens (primary N) is 2. The molecule has 4 N–H and O–H groups in total. The van der Waals surface area contributed by atoms with E-state index >= 15 is 0 Å². The topological polar surface area (TPSA) is 61.3 Å². The van der Waals surface area contributed by atoms with Crippen LogP contribution in [0.4, 0.5) is 0 Å². The fraction of sp³-hybridized carbons (Fsp3) is 1.00. The van der Waals surface area contributed by atoms with Gasteiger partial charge in [0, 0.05) is 20.2 Å². The van der Waals surface area contributed by atoms with E-state index in [2.05, 4.69) is 13.8 Å². The van der Waals surface area contributed by atoms with Gasteiger partial charge >= 0.3 is 0 Å². The second-order valence-corrected chi connectivity index (χ2v) is 2.63. The van der Waals surface area contributed by atoms with Gasteiger partial charge in [0.05, 0.1) is 6.10 Å². The van der Waals surface area contributed by atoms with Crippen LogP contribution in [0.15, 0.2) is 0 Å². The molecule has 0 fully saturated rings. The third-order valence-corrected chi connectivity index (χ3v) is 1.57. The smallest absolute Gasteiger partial charge is 0.0568 e. The van der Waals surface area contributed by atoms with Crippen LogP contribution in [-0.4, -0.2) is 26.3 Å². The third kappa shape index (κ3) is 12.5. The minimum absolute atomic E-state index is 0.500. The lowest BCUT2D eigenvalue weighted by atomic mass is 10.2. The molecule has 0 radical (unpaired) electrons. The van der Waals surface area contributed by atoms with Crippen molar-refractivity contribution in [2.45, 2.75) is 39.2 Å². The molecule has 1 atom stereocenters. The van der Waals surface area contributed by atoms with E-state index in [4.69, 9.17) is 16.2 Å². The van der Waals surface area contributed by atoms with Crippen molar-refractivity contribution in [3.63, 3.8) is 0 Å². The van der Waals surface area contributed by atoms with Crippen molar-refractivity contribution in [2.24, 2.45) is 11.5 Å². The van der Waals surface area contributed by atoms with Crippen LogP contribution in [0.3, 0.4) is 0 Å². The van der Waals surface area contributed by atoms with Crippen molar-refractivity contribution in [3.8, 4) is 0 Å². The number of methoxy groups -OCH3 is 1. The van der Waals surface area contributed by atoms with Crippen LogP contribution in [0.25, 0.3) is 0 Å². The zero-order valence-electron chi connectivity index (χ0n) is 8.68. The highest BCUT2D eigenvalue weighted by atomic mass is 16.5. The maximum atomic E-state index is 5.14. The molecule has 0 aliphatic heterocycles. The molecule has 76 valence electrons. The Bertz CT molecular complexity index is 63.5. The van der Waals surface area contributed by atoms with E-state index in [1.54, 1.807) is 7.11 Å². The number of hydrogen-bond acceptors (Lipinski definition) is 3. The Balaban J connectivity index is 0. The number of hydrogen-bond donors (Lipinski definition) is 2. The van der Waals surface area contributed by atoms with Gasteiger partial charge in [-0.05, 0) is 12.8 Å². The number of ether oxygens (including phenoxy) is 1. The molecule has 0 amide bonds. The minimum atomic E-state index is 0.500. The Morgan fingerprint density at radius 2 is 1.67 bits per heavy atom. The van der Waals surface area contributed by atoms with Crippen molar-refractivity contribution >= 4 is 0 Å². The van der Waals surface area contributed by atoms with Crippen LogP contribution in [0.5, 0.6) is 0 Å². The molecule has 12 heavy (non-hydrogen) atoms. The van der Waals surface area contributed by atoms with E-state index in [9.17, 15) is 0 Å². The van der Waals surface area contributed by atoms with E-state index in [1.165, 1.54) is 12.8 Å². The molecule has 3 heteroatoms. The second-order valence-electron chi connectivity index (χ2n) is 2.63. The summed E-state index contributed by atoms with van der Waals surface area (Å²) in [6.07, 6.45) is 4.07. The first-order valence-corrected chi connectivity index (χ1v) is 4.69. The van der Waals surface area contributed by atoms with Gasteiger partial charge in [-0.1, -0.05) is 20.3 Å². The summed E-state index contributed by atoms with van der Waals surface area (Å²) < 4.78 is 5.14. The van der Waals surface area contributed by atoms with Crippen molar-refractivity contribution in [1.29, 1.82) is 0 Å².